The van der Waals surface area contributed by atoms with Crippen molar-refractivity contribution in [3.8, 4) is 0 Å². The van der Waals surface area contributed by atoms with Crippen molar-refractivity contribution in [2.24, 2.45) is 11.8 Å². The summed E-state index contributed by atoms with van der Waals surface area (Å²) in [7, 11) is 0. The largest absolute Gasteiger partial charge is 0.416 e. The molecule has 1 aromatic rings. The quantitative estimate of drug-likeness (QED) is 0.581. The Labute approximate surface area is 124 Å². The van der Waals surface area contributed by atoms with Gasteiger partial charge in [0.25, 0.3) is 0 Å². The Hall–Kier alpha value is -0.990. The van der Waals surface area contributed by atoms with E-state index in [4.69, 9.17) is 0 Å². The van der Waals surface area contributed by atoms with E-state index >= 15 is 0 Å². The molecule has 0 aliphatic heterocycles. The Balaban J connectivity index is 1.70. The average Bonchev–Trinajstić information content (AvgIpc) is 2.80. The van der Waals surface area contributed by atoms with Gasteiger partial charge >= 0.3 is 6.18 Å². The maximum absolute atomic E-state index is 12.6. The van der Waals surface area contributed by atoms with E-state index in [1.165, 1.54) is 63.5 Å². The number of fused-ring (bicyclic) bond motifs is 1. The third-order valence-corrected chi connectivity index (χ3v) is 5.45. The minimum atomic E-state index is -4.22. The molecule has 0 saturated heterocycles. The van der Waals surface area contributed by atoms with E-state index in [0.717, 1.165) is 17.4 Å². The number of hydrogen-bond acceptors (Lipinski definition) is 0. The molecule has 0 radical (unpaired) electrons. The summed E-state index contributed by atoms with van der Waals surface area (Å²) in [6, 6.07) is 5.89. The SMILES string of the molecule is FC(F)(F)c1ccc(C2CC3CCCCCC[C@@H]3C2)cc1. The first-order valence-electron chi connectivity index (χ1n) is 8.21. The summed E-state index contributed by atoms with van der Waals surface area (Å²) in [5.74, 6) is 2.08. The molecule has 3 rings (SSSR count). The second-order valence-corrected chi connectivity index (χ2v) is 6.80. The van der Waals surface area contributed by atoms with Gasteiger partial charge in [0.1, 0.15) is 0 Å². The molecular weight excluding hydrogens is 273 g/mol. The van der Waals surface area contributed by atoms with Crippen LogP contribution in [0.2, 0.25) is 0 Å². The van der Waals surface area contributed by atoms with Crippen LogP contribution in [0.1, 0.15) is 68.4 Å². The lowest BCUT2D eigenvalue weighted by atomic mass is 9.84. The van der Waals surface area contributed by atoms with Crippen LogP contribution in [0.25, 0.3) is 0 Å². The van der Waals surface area contributed by atoms with Crippen LogP contribution in [0, 0.1) is 11.8 Å². The molecule has 116 valence electrons. The van der Waals surface area contributed by atoms with E-state index in [-0.39, 0.29) is 0 Å². The van der Waals surface area contributed by atoms with Gasteiger partial charge in [0, 0.05) is 0 Å². The molecule has 0 amide bonds. The van der Waals surface area contributed by atoms with E-state index in [1.807, 2.05) is 0 Å². The van der Waals surface area contributed by atoms with Crippen LogP contribution in [0.5, 0.6) is 0 Å². The third-order valence-electron chi connectivity index (χ3n) is 5.45. The normalized spacial score (nSPS) is 30.5. The molecule has 2 fully saturated rings. The third kappa shape index (κ3) is 3.44. The average molecular weight is 296 g/mol. The molecule has 3 heteroatoms. The highest BCUT2D eigenvalue weighted by atomic mass is 19.4. The summed E-state index contributed by atoms with van der Waals surface area (Å²) in [5, 5.41) is 0. The first kappa shape index (κ1) is 14.9. The van der Waals surface area contributed by atoms with Gasteiger partial charge in [-0.25, -0.2) is 0 Å². The molecule has 0 nitrogen and oxygen atoms in total. The molecule has 3 atom stereocenters. The Bertz CT molecular complexity index is 444. The maximum atomic E-state index is 12.6. The summed E-state index contributed by atoms with van der Waals surface area (Å²) < 4.78 is 37.9. The summed E-state index contributed by atoms with van der Waals surface area (Å²) in [5.41, 5.74) is 0.574. The van der Waals surface area contributed by atoms with Crippen LogP contribution >= 0.6 is 0 Å². The highest BCUT2D eigenvalue weighted by molar-refractivity contribution is 5.28. The minimum Gasteiger partial charge on any atom is -0.166 e. The lowest BCUT2D eigenvalue weighted by Crippen LogP contribution is -2.09. The van der Waals surface area contributed by atoms with Gasteiger partial charge in [-0.15, -0.1) is 0 Å². The number of alkyl halides is 3. The lowest BCUT2D eigenvalue weighted by Gasteiger charge is -2.21. The second-order valence-electron chi connectivity index (χ2n) is 6.80. The smallest absolute Gasteiger partial charge is 0.166 e. The van der Waals surface area contributed by atoms with E-state index in [0.29, 0.717) is 5.92 Å². The van der Waals surface area contributed by atoms with Crippen molar-refractivity contribution in [2.75, 3.05) is 0 Å². The van der Waals surface area contributed by atoms with Crippen molar-refractivity contribution in [2.45, 2.75) is 63.5 Å². The molecule has 0 aromatic heterocycles. The second kappa shape index (κ2) is 6.02. The van der Waals surface area contributed by atoms with Crippen LogP contribution in [0.15, 0.2) is 24.3 Å². The van der Waals surface area contributed by atoms with Crippen molar-refractivity contribution < 1.29 is 13.2 Å². The Morgan fingerprint density at radius 1 is 0.762 bits per heavy atom. The summed E-state index contributed by atoms with van der Waals surface area (Å²) in [4.78, 5) is 0. The fourth-order valence-corrected chi connectivity index (χ4v) is 4.30. The Morgan fingerprint density at radius 2 is 1.29 bits per heavy atom. The molecule has 2 saturated carbocycles. The molecule has 0 spiro atoms. The molecule has 0 heterocycles. The van der Waals surface area contributed by atoms with Crippen molar-refractivity contribution >= 4 is 0 Å². The predicted octanol–water partition coefficient (Wildman–Crippen LogP) is 6.17. The summed E-state index contributed by atoms with van der Waals surface area (Å²) in [6.07, 6.45) is 6.15. The van der Waals surface area contributed by atoms with E-state index in [2.05, 4.69) is 0 Å². The fraction of sp³-hybridized carbons (Fsp3) is 0.667. The maximum Gasteiger partial charge on any atom is 0.416 e. The van der Waals surface area contributed by atoms with Crippen LogP contribution in [-0.2, 0) is 6.18 Å². The molecule has 2 aliphatic rings. The van der Waals surface area contributed by atoms with Gasteiger partial charge in [-0.05, 0) is 48.3 Å². The molecular formula is C18H23F3. The first-order chi connectivity index (χ1) is 10.0. The predicted molar refractivity (Wildman–Crippen MR) is 78.1 cm³/mol. The van der Waals surface area contributed by atoms with Gasteiger partial charge in [-0.3, -0.25) is 0 Å². The number of halogens is 3. The topological polar surface area (TPSA) is 0 Å². The Kier molecular flexibility index (Phi) is 4.28. The number of benzene rings is 1. The molecule has 21 heavy (non-hydrogen) atoms. The van der Waals surface area contributed by atoms with Gasteiger partial charge in [-0.2, -0.15) is 13.2 Å². The van der Waals surface area contributed by atoms with Crippen LogP contribution in [0.3, 0.4) is 0 Å². The molecule has 0 bridgehead atoms. The van der Waals surface area contributed by atoms with Gasteiger partial charge in [-0.1, -0.05) is 50.7 Å². The van der Waals surface area contributed by atoms with E-state index in [1.54, 1.807) is 12.1 Å². The molecule has 2 unspecified atom stereocenters. The highest BCUT2D eigenvalue weighted by Crippen LogP contribution is 2.47. The Morgan fingerprint density at radius 3 is 1.76 bits per heavy atom. The zero-order valence-electron chi connectivity index (χ0n) is 12.3. The zero-order valence-corrected chi connectivity index (χ0v) is 12.3. The monoisotopic (exact) mass is 296 g/mol. The molecule has 0 N–H and O–H groups in total. The highest BCUT2D eigenvalue weighted by Gasteiger charge is 2.35. The van der Waals surface area contributed by atoms with Crippen LogP contribution in [0.4, 0.5) is 13.2 Å². The number of hydrogen-bond donors (Lipinski definition) is 0. The van der Waals surface area contributed by atoms with Crippen molar-refractivity contribution in [1.82, 2.24) is 0 Å². The van der Waals surface area contributed by atoms with E-state index < -0.39 is 11.7 Å². The fourth-order valence-electron chi connectivity index (χ4n) is 4.30. The zero-order chi connectivity index (χ0) is 14.9. The molecule has 2 aliphatic carbocycles. The van der Waals surface area contributed by atoms with Crippen molar-refractivity contribution in [3.05, 3.63) is 35.4 Å². The van der Waals surface area contributed by atoms with Gasteiger partial charge in [0.15, 0.2) is 0 Å². The summed E-state index contributed by atoms with van der Waals surface area (Å²) in [6.45, 7) is 0. The number of rotatable bonds is 1. The summed E-state index contributed by atoms with van der Waals surface area (Å²) >= 11 is 0. The van der Waals surface area contributed by atoms with Crippen LogP contribution < -0.4 is 0 Å². The van der Waals surface area contributed by atoms with Gasteiger partial charge in [0.2, 0.25) is 0 Å². The van der Waals surface area contributed by atoms with Crippen LogP contribution in [-0.4, -0.2) is 0 Å². The standard InChI is InChI=1S/C18H23F3/c19-18(20,21)17-9-7-13(8-10-17)16-11-14-5-3-1-2-4-6-15(14)12-16/h7-10,14-16H,1-6,11-12H2/t14-,15?,16?/m1/s1. The minimum absolute atomic E-state index is 0.473. The molecule has 1 aromatic carbocycles. The first-order valence-corrected chi connectivity index (χ1v) is 8.21. The van der Waals surface area contributed by atoms with Crippen molar-refractivity contribution in [3.63, 3.8) is 0 Å². The van der Waals surface area contributed by atoms with Gasteiger partial charge in [0.05, 0.1) is 5.56 Å². The lowest BCUT2D eigenvalue weighted by molar-refractivity contribution is -0.137. The van der Waals surface area contributed by atoms with Crippen molar-refractivity contribution in [1.29, 1.82) is 0 Å². The van der Waals surface area contributed by atoms with Gasteiger partial charge < -0.3 is 0 Å². The van der Waals surface area contributed by atoms with E-state index in [9.17, 15) is 13.2 Å².